The largest absolute Gasteiger partial charge is 0.497 e. The van der Waals surface area contributed by atoms with Gasteiger partial charge >= 0.3 is 5.97 Å². The van der Waals surface area contributed by atoms with Crippen molar-refractivity contribution < 1.29 is 52.5 Å². The molecule has 11 heteroatoms. The zero-order valence-electron chi connectivity index (χ0n) is 46.5. The van der Waals surface area contributed by atoms with Crippen LogP contribution in [0.2, 0.25) is 0 Å². The molecule has 11 nitrogen and oxygen atoms in total. The Balaban J connectivity index is 1.08. The molecule has 1 aliphatic heterocycles. The molecular formula is C66H90O11. The lowest BCUT2D eigenvalue weighted by atomic mass is 9.97. The van der Waals surface area contributed by atoms with Crippen molar-refractivity contribution in [3.63, 3.8) is 0 Å². The van der Waals surface area contributed by atoms with Gasteiger partial charge in [0, 0.05) is 13.5 Å². The quantitative estimate of drug-likeness (QED) is 0.0298. The van der Waals surface area contributed by atoms with E-state index in [4.69, 9.17) is 42.6 Å². The smallest absolute Gasteiger partial charge is 0.302 e. The molecule has 0 spiro atoms. The number of rotatable bonds is 40. The van der Waals surface area contributed by atoms with E-state index in [2.05, 4.69) is 55.5 Å². The van der Waals surface area contributed by atoms with Gasteiger partial charge in [-0.25, -0.2) is 0 Å². The third-order valence-corrected chi connectivity index (χ3v) is 14.4. The van der Waals surface area contributed by atoms with Gasteiger partial charge in [0.15, 0.2) is 6.29 Å². The van der Waals surface area contributed by atoms with Crippen LogP contribution in [0.15, 0.2) is 146 Å². The summed E-state index contributed by atoms with van der Waals surface area (Å²) in [5.41, 5.74) is 5.34. The van der Waals surface area contributed by atoms with Crippen molar-refractivity contribution in [1.82, 2.24) is 0 Å². The molecule has 8 atom stereocenters. The van der Waals surface area contributed by atoms with Gasteiger partial charge in [-0.3, -0.25) is 4.79 Å². The Hall–Kier alpha value is -4.95. The highest BCUT2D eigenvalue weighted by molar-refractivity contribution is 5.65. The summed E-state index contributed by atoms with van der Waals surface area (Å²) in [6, 6.07) is 48.6. The zero-order chi connectivity index (χ0) is 54.0. The second kappa shape index (κ2) is 37.0. The van der Waals surface area contributed by atoms with E-state index < -0.39 is 36.7 Å². The number of hydrogen-bond donors (Lipinski definition) is 1. The van der Waals surface area contributed by atoms with Gasteiger partial charge in [0.2, 0.25) is 0 Å². The van der Waals surface area contributed by atoms with Crippen LogP contribution in [0.5, 0.6) is 5.75 Å². The number of aliphatic hydroxyl groups excluding tert-OH is 1. The lowest BCUT2D eigenvalue weighted by Gasteiger charge is -2.46. The molecule has 6 rings (SSSR count). The third kappa shape index (κ3) is 24.3. The molecule has 1 heterocycles. The van der Waals surface area contributed by atoms with Crippen LogP contribution in [0.1, 0.15) is 151 Å². The minimum Gasteiger partial charge on any atom is -0.497 e. The van der Waals surface area contributed by atoms with Crippen molar-refractivity contribution in [2.24, 2.45) is 0 Å². The molecule has 0 aromatic heterocycles. The van der Waals surface area contributed by atoms with Crippen LogP contribution in [0.3, 0.4) is 0 Å². The van der Waals surface area contributed by atoms with Gasteiger partial charge in [0.1, 0.15) is 36.8 Å². The maximum Gasteiger partial charge on any atom is 0.302 e. The Morgan fingerprint density at radius 3 is 1.39 bits per heavy atom. The van der Waals surface area contributed by atoms with Gasteiger partial charge in [-0.2, -0.15) is 0 Å². The molecule has 1 fully saturated rings. The summed E-state index contributed by atoms with van der Waals surface area (Å²) in [5, 5.41) is 9.67. The van der Waals surface area contributed by atoms with Crippen LogP contribution in [0, 0.1) is 0 Å². The van der Waals surface area contributed by atoms with Gasteiger partial charge in [0.25, 0.3) is 0 Å². The molecule has 0 bridgehead atoms. The molecule has 0 aliphatic carbocycles. The number of methoxy groups -OCH3 is 1. The van der Waals surface area contributed by atoms with E-state index in [-0.39, 0.29) is 31.5 Å². The Bertz CT molecular complexity index is 2230. The number of unbranched alkanes of at least 4 members (excludes halogenated alkanes) is 10. The number of carbonyl (C=O) groups excluding carboxylic acids is 1. The summed E-state index contributed by atoms with van der Waals surface area (Å²) in [6.07, 6.45) is 14.6. The van der Waals surface area contributed by atoms with Gasteiger partial charge in [-0.05, 0) is 79.0 Å². The first-order valence-electron chi connectivity index (χ1n) is 28.8. The highest BCUT2D eigenvalue weighted by atomic mass is 16.7. The number of carbonyl (C=O) groups is 1. The fourth-order valence-corrected chi connectivity index (χ4v) is 9.91. The molecule has 1 aliphatic rings. The summed E-state index contributed by atoms with van der Waals surface area (Å²) < 4.78 is 58.3. The van der Waals surface area contributed by atoms with Crippen LogP contribution in [0.4, 0.5) is 0 Å². The van der Waals surface area contributed by atoms with E-state index in [0.717, 1.165) is 92.2 Å². The van der Waals surface area contributed by atoms with Crippen molar-refractivity contribution in [2.45, 2.75) is 205 Å². The molecular weight excluding hydrogens is 969 g/mol. The first kappa shape index (κ1) is 61.3. The SMILES string of the molecule is COc1ccc(CO[C@@H](CCO)CCCCCCCCCCC[C@@H](CCCCC[C@@H](C)OCc2ccccc2)O[C@@H]2O[C@H](COC(C)=O)[C@@H](OCc3ccccc3)[C@H](OCc3ccccc3)[C@H]2OCc2ccccc2)cc1. The monoisotopic (exact) mass is 1060 g/mol. The van der Waals surface area contributed by atoms with E-state index in [9.17, 15) is 9.90 Å². The van der Waals surface area contributed by atoms with E-state index in [0.29, 0.717) is 39.5 Å². The molecule has 0 amide bonds. The Morgan fingerprint density at radius 1 is 0.481 bits per heavy atom. The topological polar surface area (TPSA) is 120 Å². The number of hydrogen-bond acceptors (Lipinski definition) is 11. The van der Waals surface area contributed by atoms with E-state index >= 15 is 0 Å². The Kier molecular flexibility index (Phi) is 29.5. The molecule has 77 heavy (non-hydrogen) atoms. The van der Waals surface area contributed by atoms with Crippen molar-refractivity contribution in [1.29, 1.82) is 0 Å². The van der Waals surface area contributed by atoms with Crippen molar-refractivity contribution >= 4 is 5.97 Å². The fourth-order valence-electron chi connectivity index (χ4n) is 9.91. The maximum absolute atomic E-state index is 12.4. The van der Waals surface area contributed by atoms with Gasteiger partial charge in [-0.15, -0.1) is 0 Å². The minimum absolute atomic E-state index is 0.0234. The summed E-state index contributed by atoms with van der Waals surface area (Å²) >= 11 is 0. The van der Waals surface area contributed by atoms with Crippen LogP contribution >= 0.6 is 0 Å². The highest BCUT2D eigenvalue weighted by Crippen LogP contribution is 2.34. The molecule has 1 saturated heterocycles. The van der Waals surface area contributed by atoms with Crippen LogP contribution in [0.25, 0.3) is 0 Å². The summed E-state index contributed by atoms with van der Waals surface area (Å²) in [4.78, 5) is 12.4. The number of benzene rings is 5. The lowest BCUT2D eigenvalue weighted by molar-refractivity contribution is -0.335. The first-order valence-corrected chi connectivity index (χ1v) is 28.8. The standard InChI is InChI=1S/C66H90O11/c1-52(70-46-54-29-17-12-18-30-54)28-16-11-27-39-61(38-26-10-8-6-4-5-7-9-25-37-60(44-45-67)72-47-58-40-42-59(69-3)43-41-58)76-66-65(75-50-57-35-23-15-24-36-57)64(74-49-56-33-21-14-22-34-56)63(62(77-66)51-71-53(2)68)73-48-55-31-19-13-20-32-55/h12-15,17-24,29-36,40-43,52,60-67H,4-11,16,25-28,37-39,44-51H2,1-3H3/t52-,60-,61+,62-,63-,64+,65-,66-/m1/s1. The van der Waals surface area contributed by atoms with E-state index in [1.165, 1.54) is 51.0 Å². The molecule has 5 aromatic rings. The minimum atomic E-state index is -0.827. The second-order valence-electron chi connectivity index (χ2n) is 20.7. The Morgan fingerprint density at radius 2 is 0.896 bits per heavy atom. The average Bonchev–Trinajstić information content (AvgIpc) is 3.46. The maximum atomic E-state index is 12.4. The molecule has 0 unspecified atom stereocenters. The fraction of sp³-hybridized carbons (Fsp3) is 0.530. The van der Waals surface area contributed by atoms with E-state index in [1.54, 1.807) is 7.11 Å². The predicted molar refractivity (Wildman–Crippen MR) is 303 cm³/mol. The van der Waals surface area contributed by atoms with E-state index in [1.807, 2.05) is 97.1 Å². The first-order chi connectivity index (χ1) is 37.9. The van der Waals surface area contributed by atoms with Crippen LogP contribution in [-0.2, 0) is 75.7 Å². The number of esters is 1. The van der Waals surface area contributed by atoms with Crippen molar-refractivity contribution in [3.05, 3.63) is 173 Å². The van der Waals surface area contributed by atoms with Gasteiger partial charge < -0.3 is 47.7 Å². The van der Waals surface area contributed by atoms with Crippen molar-refractivity contribution in [2.75, 3.05) is 20.3 Å². The van der Waals surface area contributed by atoms with Gasteiger partial charge in [0.05, 0.1) is 58.5 Å². The summed E-state index contributed by atoms with van der Waals surface area (Å²) in [5.74, 6) is 0.437. The summed E-state index contributed by atoms with van der Waals surface area (Å²) in [7, 11) is 1.67. The summed E-state index contributed by atoms with van der Waals surface area (Å²) in [6.45, 7) is 5.80. The Labute approximate surface area is 461 Å². The molecule has 0 radical (unpaired) electrons. The third-order valence-electron chi connectivity index (χ3n) is 14.4. The molecule has 5 aromatic carbocycles. The lowest BCUT2D eigenvalue weighted by Crippen LogP contribution is -2.62. The van der Waals surface area contributed by atoms with Crippen LogP contribution in [-0.4, -0.2) is 80.4 Å². The molecule has 0 saturated carbocycles. The zero-order valence-corrected chi connectivity index (χ0v) is 46.5. The van der Waals surface area contributed by atoms with Crippen LogP contribution < -0.4 is 4.74 Å². The molecule has 1 N–H and O–H groups in total. The normalized spacial score (nSPS) is 18.6. The predicted octanol–water partition coefficient (Wildman–Crippen LogP) is 14.2. The number of ether oxygens (including phenoxy) is 9. The average molecular weight is 1060 g/mol. The number of aliphatic hydroxyl groups is 1. The second-order valence-corrected chi connectivity index (χ2v) is 20.7. The molecule has 420 valence electrons. The van der Waals surface area contributed by atoms with Gasteiger partial charge in [-0.1, -0.05) is 211 Å². The van der Waals surface area contributed by atoms with Crippen molar-refractivity contribution in [3.8, 4) is 5.75 Å². The highest BCUT2D eigenvalue weighted by Gasteiger charge is 2.50.